The van der Waals surface area contributed by atoms with Gasteiger partial charge in [-0.05, 0) is 44.5 Å². The normalized spacial score (nSPS) is 11.7. The van der Waals surface area contributed by atoms with Crippen molar-refractivity contribution in [2.45, 2.75) is 32.7 Å². The van der Waals surface area contributed by atoms with Crippen LogP contribution in [0.2, 0.25) is 0 Å². The molecule has 6 heteroatoms. The van der Waals surface area contributed by atoms with E-state index in [4.69, 9.17) is 9.47 Å². The Morgan fingerprint density at radius 3 is 2.62 bits per heavy atom. The molecule has 0 bridgehead atoms. The van der Waals surface area contributed by atoms with Gasteiger partial charge >= 0.3 is 5.97 Å². The number of hydrogen-bond acceptors (Lipinski definition) is 6. The summed E-state index contributed by atoms with van der Waals surface area (Å²) in [5.74, 6) is 0.392. The molecule has 1 N–H and O–H groups in total. The molecule has 134 valence electrons. The van der Waals surface area contributed by atoms with E-state index in [1.165, 1.54) is 0 Å². The van der Waals surface area contributed by atoms with E-state index in [0.29, 0.717) is 37.3 Å². The number of rotatable bonds is 10. The number of hydrogen-bond donors (Lipinski definition) is 1. The van der Waals surface area contributed by atoms with Crippen molar-refractivity contribution < 1.29 is 19.1 Å². The lowest BCUT2D eigenvalue weighted by molar-refractivity contribution is -0.143. The van der Waals surface area contributed by atoms with E-state index in [1.54, 1.807) is 14.0 Å². The summed E-state index contributed by atoms with van der Waals surface area (Å²) in [7, 11) is 5.43. The molecule has 0 aromatic heterocycles. The third kappa shape index (κ3) is 5.53. The van der Waals surface area contributed by atoms with Crippen LogP contribution in [-0.2, 0) is 9.53 Å². The van der Waals surface area contributed by atoms with Crippen molar-refractivity contribution in [3.63, 3.8) is 0 Å². The molecule has 1 aromatic rings. The predicted molar refractivity (Wildman–Crippen MR) is 95.0 cm³/mol. The fourth-order valence-electron chi connectivity index (χ4n) is 2.50. The van der Waals surface area contributed by atoms with Crippen LogP contribution in [0.3, 0.4) is 0 Å². The highest BCUT2D eigenvalue weighted by Gasteiger charge is 2.16. The van der Waals surface area contributed by atoms with Gasteiger partial charge in [-0.25, -0.2) is 0 Å². The first-order valence-corrected chi connectivity index (χ1v) is 8.18. The zero-order valence-corrected chi connectivity index (χ0v) is 15.2. The van der Waals surface area contributed by atoms with Crippen molar-refractivity contribution >= 4 is 17.9 Å². The molecule has 0 spiro atoms. The molecule has 0 aliphatic rings. The Hall–Kier alpha value is -2.08. The van der Waals surface area contributed by atoms with Crippen molar-refractivity contribution in [3.8, 4) is 5.75 Å². The van der Waals surface area contributed by atoms with Gasteiger partial charge in [-0.3, -0.25) is 9.59 Å². The van der Waals surface area contributed by atoms with Crippen LogP contribution in [0, 0.1) is 0 Å². The minimum absolute atomic E-state index is 0.0548. The molecule has 1 atom stereocenters. The number of nitrogens with zero attached hydrogens (tertiary/aromatic N) is 1. The standard InChI is InChI=1S/C18H28N2O4/c1-6-24-18(22)8-7-9-19-13(2)15-11-17(23-5)14(12-21)10-16(15)20(3)4/h10-13,19H,6-9H2,1-5H3. The molecule has 0 heterocycles. The first-order valence-electron chi connectivity index (χ1n) is 8.18. The van der Waals surface area contributed by atoms with Gasteiger partial charge in [0.25, 0.3) is 0 Å². The number of anilines is 1. The maximum Gasteiger partial charge on any atom is 0.305 e. The minimum atomic E-state index is -0.169. The Labute approximate surface area is 144 Å². The molecule has 1 aromatic carbocycles. The van der Waals surface area contributed by atoms with Gasteiger partial charge in [0.05, 0.1) is 19.3 Å². The maximum atomic E-state index is 11.3. The van der Waals surface area contributed by atoms with Crippen LogP contribution in [-0.4, -0.2) is 46.6 Å². The van der Waals surface area contributed by atoms with E-state index < -0.39 is 0 Å². The number of nitrogens with one attached hydrogen (secondary N) is 1. The topological polar surface area (TPSA) is 67.9 Å². The fourth-order valence-corrected chi connectivity index (χ4v) is 2.50. The van der Waals surface area contributed by atoms with Gasteiger partial charge in [0, 0.05) is 32.2 Å². The number of aldehydes is 1. The third-order valence-corrected chi connectivity index (χ3v) is 3.77. The predicted octanol–water partition coefficient (Wildman–Crippen LogP) is 2.57. The van der Waals surface area contributed by atoms with Crippen LogP contribution < -0.4 is 15.0 Å². The van der Waals surface area contributed by atoms with Crippen molar-refractivity contribution in [1.82, 2.24) is 5.32 Å². The highest BCUT2D eigenvalue weighted by Crippen LogP contribution is 2.32. The highest BCUT2D eigenvalue weighted by atomic mass is 16.5. The fraction of sp³-hybridized carbons (Fsp3) is 0.556. The van der Waals surface area contributed by atoms with Crippen molar-refractivity contribution in [3.05, 3.63) is 23.3 Å². The van der Waals surface area contributed by atoms with Crippen molar-refractivity contribution in [1.29, 1.82) is 0 Å². The number of esters is 1. The van der Waals surface area contributed by atoms with E-state index in [2.05, 4.69) is 5.32 Å². The molecule has 1 unspecified atom stereocenters. The Morgan fingerprint density at radius 1 is 1.38 bits per heavy atom. The largest absolute Gasteiger partial charge is 0.496 e. The summed E-state index contributed by atoms with van der Waals surface area (Å²) in [6, 6.07) is 3.78. The Bertz CT molecular complexity index is 558. The smallest absolute Gasteiger partial charge is 0.305 e. The number of benzene rings is 1. The molecule has 1 rings (SSSR count). The van der Waals surface area contributed by atoms with Crippen LogP contribution in [0.25, 0.3) is 0 Å². The van der Waals surface area contributed by atoms with Crippen LogP contribution >= 0.6 is 0 Å². The monoisotopic (exact) mass is 336 g/mol. The molecule has 0 fully saturated rings. The van der Waals surface area contributed by atoms with Gasteiger partial charge in [-0.1, -0.05) is 0 Å². The van der Waals surface area contributed by atoms with Crippen molar-refractivity contribution in [2.75, 3.05) is 39.3 Å². The summed E-state index contributed by atoms with van der Waals surface area (Å²) < 4.78 is 10.2. The summed E-state index contributed by atoms with van der Waals surface area (Å²) >= 11 is 0. The van der Waals surface area contributed by atoms with Crippen molar-refractivity contribution in [2.24, 2.45) is 0 Å². The molecule has 0 radical (unpaired) electrons. The zero-order chi connectivity index (χ0) is 18.1. The summed E-state index contributed by atoms with van der Waals surface area (Å²) in [5.41, 5.74) is 2.53. The second-order valence-electron chi connectivity index (χ2n) is 5.75. The molecule has 0 saturated heterocycles. The quantitative estimate of drug-likeness (QED) is 0.402. The van der Waals surface area contributed by atoms with E-state index in [-0.39, 0.29) is 12.0 Å². The SMILES string of the molecule is CCOC(=O)CCCNC(C)c1cc(OC)c(C=O)cc1N(C)C. The third-order valence-electron chi connectivity index (χ3n) is 3.77. The zero-order valence-electron chi connectivity index (χ0n) is 15.2. The summed E-state index contributed by atoms with van der Waals surface area (Å²) in [4.78, 5) is 24.5. The lowest BCUT2D eigenvalue weighted by Gasteiger charge is -2.24. The van der Waals surface area contributed by atoms with Gasteiger partial charge in [0.1, 0.15) is 5.75 Å². The van der Waals surface area contributed by atoms with E-state index in [1.807, 2.05) is 38.1 Å². The molecule has 6 nitrogen and oxygen atoms in total. The average molecular weight is 336 g/mol. The summed E-state index contributed by atoms with van der Waals surface area (Å²) in [6.07, 6.45) is 1.92. The molecule has 0 aliphatic carbocycles. The van der Waals surface area contributed by atoms with E-state index in [9.17, 15) is 9.59 Å². The number of carbonyl (C=O) groups is 2. The lowest BCUT2D eigenvalue weighted by Crippen LogP contribution is -2.23. The Morgan fingerprint density at radius 2 is 2.08 bits per heavy atom. The maximum absolute atomic E-state index is 11.3. The summed E-state index contributed by atoms with van der Waals surface area (Å²) in [5, 5.41) is 3.40. The minimum Gasteiger partial charge on any atom is -0.496 e. The van der Waals surface area contributed by atoms with E-state index >= 15 is 0 Å². The first kappa shape index (κ1) is 20.0. The van der Waals surface area contributed by atoms with Gasteiger partial charge in [-0.2, -0.15) is 0 Å². The van der Waals surface area contributed by atoms with Crippen LogP contribution in [0.5, 0.6) is 5.75 Å². The second-order valence-corrected chi connectivity index (χ2v) is 5.75. The van der Waals surface area contributed by atoms with Crippen LogP contribution in [0.1, 0.15) is 48.7 Å². The van der Waals surface area contributed by atoms with E-state index in [0.717, 1.165) is 17.5 Å². The average Bonchev–Trinajstić information content (AvgIpc) is 2.57. The van der Waals surface area contributed by atoms with Gasteiger partial charge in [0.2, 0.25) is 0 Å². The summed E-state index contributed by atoms with van der Waals surface area (Å²) in [6.45, 7) is 4.96. The number of carbonyl (C=O) groups excluding carboxylic acids is 2. The molecule has 0 saturated carbocycles. The van der Waals surface area contributed by atoms with Gasteiger partial charge < -0.3 is 19.7 Å². The van der Waals surface area contributed by atoms with Crippen LogP contribution in [0.4, 0.5) is 5.69 Å². The molecular weight excluding hydrogens is 308 g/mol. The molecule has 0 amide bonds. The lowest BCUT2D eigenvalue weighted by atomic mass is 10.0. The Balaban J connectivity index is 2.79. The second kappa shape index (κ2) is 9.93. The Kier molecular flexibility index (Phi) is 8.26. The molecule has 0 aliphatic heterocycles. The molecule has 24 heavy (non-hydrogen) atoms. The van der Waals surface area contributed by atoms with Crippen LogP contribution in [0.15, 0.2) is 12.1 Å². The molecular formula is C18H28N2O4. The van der Waals surface area contributed by atoms with Gasteiger partial charge in [0.15, 0.2) is 6.29 Å². The number of methoxy groups -OCH3 is 1. The number of ether oxygens (including phenoxy) is 2. The first-order chi connectivity index (χ1) is 11.4. The van der Waals surface area contributed by atoms with Gasteiger partial charge in [-0.15, -0.1) is 0 Å². The highest BCUT2D eigenvalue weighted by molar-refractivity contribution is 5.82.